The van der Waals surface area contributed by atoms with E-state index in [1.54, 1.807) is 7.11 Å². The zero-order valence-corrected chi connectivity index (χ0v) is 7.22. The number of methoxy groups -OCH3 is 1. The van der Waals surface area contributed by atoms with Gasteiger partial charge in [0.25, 0.3) is 0 Å². The van der Waals surface area contributed by atoms with Crippen LogP contribution in [-0.2, 0) is 4.74 Å². The molecule has 0 spiro atoms. The summed E-state index contributed by atoms with van der Waals surface area (Å²) in [6.45, 7) is 4.32. The minimum Gasteiger partial charge on any atom is -0.377 e. The average Bonchev–Trinajstić information content (AvgIpc) is 2.00. The van der Waals surface area contributed by atoms with Crippen molar-refractivity contribution in [1.29, 1.82) is 0 Å². The van der Waals surface area contributed by atoms with E-state index in [0.29, 0.717) is 6.54 Å². The number of nitrogens with zero attached hydrogens (tertiary/aromatic N) is 1. The molecule has 0 aromatic carbocycles. The van der Waals surface area contributed by atoms with Crippen LogP contribution in [0.1, 0.15) is 13.8 Å². The van der Waals surface area contributed by atoms with Crippen LogP contribution < -0.4 is 17.0 Å². The Balaban J connectivity index is 3.86. The number of nitrogens with one attached hydrogen (secondary N) is 1. The van der Waals surface area contributed by atoms with Crippen LogP contribution in [0.15, 0.2) is 4.99 Å². The molecule has 0 radical (unpaired) electrons. The summed E-state index contributed by atoms with van der Waals surface area (Å²) in [5, 5.41) is 0. The predicted octanol–water partition coefficient (Wildman–Crippen LogP) is -0.811. The summed E-state index contributed by atoms with van der Waals surface area (Å²) in [5.74, 6) is 5.21. The van der Waals surface area contributed by atoms with E-state index < -0.39 is 0 Å². The van der Waals surface area contributed by atoms with Crippen molar-refractivity contribution in [2.45, 2.75) is 19.4 Å². The smallest absolute Gasteiger partial charge is 0.203 e. The first-order valence-corrected chi connectivity index (χ1v) is 3.33. The van der Waals surface area contributed by atoms with Gasteiger partial charge < -0.3 is 10.5 Å². The molecule has 0 heterocycles. The Kier molecular flexibility index (Phi) is 3.84. The number of guanidine groups is 1. The molecule has 0 aliphatic carbocycles. The third kappa shape index (κ3) is 4.58. The number of rotatable bonds is 3. The Morgan fingerprint density at radius 3 is 2.55 bits per heavy atom. The molecule has 5 nitrogen and oxygen atoms in total. The van der Waals surface area contributed by atoms with Crippen LogP contribution in [-0.4, -0.2) is 25.2 Å². The second-order valence-corrected chi connectivity index (χ2v) is 2.81. The van der Waals surface area contributed by atoms with Crippen molar-refractivity contribution < 1.29 is 4.74 Å². The molecule has 5 heteroatoms. The Hall–Kier alpha value is -0.810. The highest BCUT2D eigenvalue weighted by Crippen LogP contribution is 2.06. The Morgan fingerprint density at radius 2 is 2.18 bits per heavy atom. The van der Waals surface area contributed by atoms with Crippen molar-refractivity contribution in [3.8, 4) is 0 Å². The van der Waals surface area contributed by atoms with E-state index in [1.807, 2.05) is 13.8 Å². The normalized spacial score (nSPS) is 13.3. The monoisotopic (exact) mass is 160 g/mol. The number of hydrogen-bond donors (Lipinski definition) is 3. The molecule has 5 N–H and O–H groups in total. The van der Waals surface area contributed by atoms with Gasteiger partial charge in [-0.3, -0.25) is 5.43 Å². The first-order valence-electron chi connectivity index (χ1n) is 3.33. The summed E-state index contributed by atoms with van der Waals surface area (Å²) < 4.78 is 5.10. The fourth-order valence-corrected chi connectivity index (χ4v) is 0.386. The fraction of sp³-hybridized carbons (Fsp3) is 0.833. The summed E-state index contributed by atoms with van der Waals surface area (Å²) in [5.41, 5.74) is 7.24. The van der Waals surface area contributed by atoms with E-state index in [-0.39, 0.29) is 11.6 Å². The molecule has 0 unspecified atom stereocenters. The van der Waals surface area contributed by atoms with Gasteiger partial charge in [0.2, 0.25) is 5.96 Å². The van der Waals surface area contributed by atoms with Crippen LogP contribution in [0, 0.1) is 0 Å². The van der Waals surface area contributed by atoms with Crippen LogP contribution in [0.25, 0.3) is 0 Å². The zero-order chi connectivity index (χ0) is 8.91. The molecule has 0 bridgehead atoms. The number of aliphatic imine (C=N–C) groups is 1. The van der Waals surface area contributed by atoms with E-state index in [1.165, 1.54) is 0 Å². The van der Waals surface area contributed by atoms with Gasteiger partial charge in [0.15, 0.2) is 0 Å². The van der Waals surface area contributed by atoms with Gasteiger partial charge in [-0.1, -0.05) is 0 Å². The zero-order valence-electron chi connectivity index (χ0n) is 7.22. The van der Waals surface area contributed by atoms with Crippen molar-refractivity contribution >= 4 is 5.96 Å². The first-order chi connectivity index (χ1) is 5.02. The maximum Gasteiger partial charge on any atom is 0.203 e. The van der Waals surface area contributed by atoms with Crippen molar-refractivity contribution in [3.63, 3.8) is 0 Å². The van der Waals surface area contributed by atoms with Gasteiger partial charge in [-0.2, -0.15) is 0 Å². The van der Waals surface area contributed by atoms with E-state index in [9.17, 15) is 0 Å². The van der Waals surface area contributed by atoms with Gasteiger partial charge in [0.1, 0.15) is 0 Å². The van der Waals surface area contributed by atoms with Crippen molar-refractivity contribution in [2.24, 2.45) is 16.6 Å². The summed E-state index contributed by atoms with van der Waals surface area (Å²) in [7, 11) is 1.63. The lowest BCUT2D eigenvalue weighted by atomic mass is 10.1. The molecule has 0 fully saturated rings. The summed E-state index contributed by atoms with van der Waals surface area (Å²) in [6.07, 6.45) is 0. The van der Waals surface area contributed by atoms with Crippen molar-refractivity contribution in [2.75, 3.05) is 13.7 Å². The number of nitrogens with two attached hydrogens (primary N) is 2. The summed E-state index contributed by atoms with van der Waals surface area (Å²) in [4.78, 5) is 3.92. The number of hydrogen-bond acceptors (Lipinski definition) is 3. The Bertz CT molecular complexity index is 144. The second-order valence-electron chi connectivity index (χ2n) is 2.81. The molecule has 0 rings (SSSR count). The number of hydrazine groups is 1. The third-order valence-electron chi connectivity index (χ3n) is 1.33. The molecule has 0 saturated heterocycles. The minimum absolute atomic E-state index is 0.218. The number of ether oxygens (including phenoxy) is 1. The molecule has 66 valence electrons. The highest BCUT2D eigenvalue weighted by atomic mass is 16.5. The Morgan fingerprint density at radius 1 is 1.64 bits per heavy atom. The highest BCUT2D eigenvalue weighted by molar-refractivity contribution is 5.77. The molecule has 0 amide bonds. The van der Waals surface area contributed by atoms with Crippen molar-refractivity contribution in [1.82, 2.24) is 5.43 Å². The molecule has 11 heavy (non-hydrogen) atoms. The van der Waals surface area contributed by atoms with E-state index >= 15 is 0 Å². The van der Waals surface area contributed by atoms with Gasteiger partial charge >= 0.3 is 0 Å². The van der Waals surface area contributed by atoms with Gasteiger partial charge in [0.05, 0.1) is 12.1 Å². The summed E-state index contributed by atoms with van der Waals surface area (Å²) >= 11 is 0. The molecule has 0 aliphatic heterocycles. The van der Waals surface area contributed by atoms with Crippen LogP contribution in [0.2, 0.25) is 0 Å². The van der Waals surface area contributed by atoms with E-state index in [0.717, 1.165) is 0 Å². The van der Waals surface area contributed by atoms with E-state index in [2.05, 4.69) is 10.4 Å². The van der Waals surface area contributed by atoms with Crippen molar-refractivity contribution in [3.05, 3.63) is 0 Å². The fourth-order valence-electron chi connectivity index (χ4n) is 0.386. The molecule has 0 saturated carbocycles. The van der Waals surface area contributed by atoms with Crippen LogP contribution in [0.5, 0.6) is 0 Å². The highest BCUT2D eigenvalue weighted by Gasteiger charge is 2.14. The molecule has 0 aromatic rings. The molecule has 0 aliphatic rings. The average molecular weight is 160 g/mol. The minimum atomic E-state index is -0.290. The first kappa shape index (κ1) is 10.2. The van der Waals surface area contributed by atoms with Gasteiger partial charge in [-0.25, -0.2) is 10.8 Å². The largest absolute Gasteiger partial charge is 0.377 e. The van der Waals surface area contributed by atoms with Gasteiger partial charge in [0, 0.05) is 7.11 Å². The lowest BCUT2D eigenvalue weighted by molar-refractivity contribution is 0.0311. The molecular weight excluding hydrogens is 144 g/mol. The second kappa shape index (κ2) is 4.15. The molecule has 0 atom stereocenters. The van der Waals surface area contributed by atoms with Crippen LogP contribution in [0.3, 0.4) is 0 Å². The Labute approximate surface area is 66.8 Å². The maximum atomic E-state index is 5.29. The lowest BCUT2D eigenvalue weighted by Crippen LogP contribution is -2.38. The van der Waals surface area contributed by atoms with Crippen LogP contribution in [0.4, 0.5) is 0 Å². The quantitative estimate of drug-likeness (QED) is 0.218. The molecular formula is C6H16N4O. The van der Waals surface area contributed by atoms with Crippen LogP contribution >= 0.6 is 0 Å². The molecule has 0 aromatic heterocycles. The third-order valence-corrected chi connectivity index (χ3v) is 1.33. The lowest BCUT2D eigenvalue weighted by Gasteiger charge is -2.19. The maximum absolute atomic E-state index is 5.29. The summed E-state index contributed by atoms with van der Waals surface area (Å²) in [6, 6.07) is 0. The van der Waals surface area contributed by atoms with Gasteiger partial charge in [-0.15, -0.1) is 0 Å². The topological polar surface area (TPSA) is 85.7 Å². The van der Waals surface area contributed by atoms with Gasteiger partial charge in [-0.05, 0) is 13.8 Å². The standard InChI is InChI=1S/C6H16N4O/c1-6(2,11-3)4-9-5(7)10-8/h4,8H2,1-3H3,(H3,7,9,10). The van der Waals surface area contributed by atoms with E-state index in [4.69, 9.17) is 16.3 Å². The predicted molar refractivity (Wildman–Crippen MR) is 44.9 cm³/mol. The SMILES string of the molecule is COC(C)(C)CN=C(N)NN.